The molecule has 0 saturated carbocycles. The van der Waals surface area contributed by atoms with E-state index in [1.54, 1.807) is 0 Å². The van der Waals surface area contributed by atoms with E-state index in [1.807, 2.05) is 18.2 Å². The molecule has 0 aliphatic carbocycles. The van der Waals surface area contributed by atoms with Crippen molar-refractivity contribution in [2.24, 2.45) is 0 Å². The molecule has 2 nitrogen and oxygen atoms in total. The van der Waals surface area contributed by atoms with Crippen molar-refractivity contribution in [2.45, 2.75) is 45.2 Å². The van der Waals surface area contributed by atoms with Gasteiger partial charge in [0.1, 0.15) is 0 Å². The van der Waals surface area contributed by atoms with Crippen molar-refractivity contribution in [3.8, 4) is 6.07 Å². The first kappa shape index (κ1) is 12.1. The van der Waals surface area contributed by atoms with Crippen molar-refractivity contribution < 1.29 is 0 Å². The summed E-state index contributed by atoms with van der Waals surface area (Å²) in [6, 6.07) is 10.9. The summed E-state index contributed by atoms with van der Waals surface area (Å²) in [5, 5.41) is 8.90. The molecule has 2 heteroatoms. The normalized spacial score (nSPS) is 21.8. The summed E-state index contributed by atoms with van der Waals surface area (Å²) >= 11 is 0. The molecule has 1 aliphatic rings. The number of benzene rings is 1. The van der Waals surface area contributed by atoms with Crippen LogP contribution in [0.3, 0.4) is 0 Å². The van der Waals surface area contributed by atoms with Crippen LogP contribution in [0.15, 0.2) is 24.3 Å². The van der Waals surface area contributed by atoms with E-state index in [0.717, 1.165) is 12.1 Å². The van der Waals surface area contributed by atoms with Crippen molar-refractivity contribution in [1.29, 1.82) is 5.26 Å². The number of hydrogen-bond donors (Lipinski definition) is 0. The van der Waals surface area contributed by atoms with E-state index in [4.69, 9.17) is 5.26 Å². The van der Waals surface area contributed by atoms with Crippen molar-refractivity contribution in [2.75, 3.05) is 6.54 Å². The first-order valence-corrected chi connectivity index (χ1v) is 6.52. The topological polar surface area (TPSA) is 27.0 Å². The molecular formula is C15H20N2. The zero-order chi connectivity index (χ0) is 12.1. The number of nitrogens with zero attached hydrogens (tertiary/aromatic N) is 2. The Morgan fingerprint density at radius 2 is 2.24 bits per heavy atom. The van der Waals surface area contributed by atoms with Gasteiger partial charge in [-0.1, -0.05) is 25.0 Å². The van der Waals surface area contributed by atoms with E-state index in [9.17, 15) is 0 Å². The molecule has 1 aliphatic heterocycles. The predicted octanol–water partition coefficient (Wildman–Crippen LogP) is 3.32. The van der Waals surface area contributed by atoms with Crippen LogP contribution in [-0.2, 0) is 6.54 Å². The fourth-order valence-corrected chi connectivity index (χ4v) is 2.54. The van der Waals surface area contributed by atoms with Gasteiger partial charge in [-0.3, -0.25) is 4.90 Å². The summed E-state index contributed by atoms with van der Waals surface area (Å²) in [5.41, 5.74) is 2.03. The highest BCUT2D eigenvalue weighted by Crippen LogP contribution is 2.19. The van der Waals surface area contributed by atoms with E-state index >= 15 is 0 Å². The van der Waals surface area contributed by atoms with Gasteiger partial charge in [-0.15, -0.1) is 0 Å². The first-order chi connectivity index (χ1) is 8.29. The van der Waals surface area contributed by atoms with Crippen LogP contribution in [-0.4, -0.2) is 17.5 Å². The molecule has 1 atom stereocenters. The van der Waals surface area contributed by atoms with Gasteiger partial charge < -0.3 is 0 Å². The second kappa shape index (κ2) is 5.84. The number of likely N-dealkylation sites (tertiary alicyclic amines) is 1. The third-order valence-corrected chi connectivity index (χ3v) is 3.63. The van der Waals surface area contributed by atoms with Gasteiger partial charge in [0.05, 0.1) is 11.6 Å². The monoisotopic (exact) mass is 228 g/mol. The molecule has 0 spiro atoms. The van der Waals surface area contributed by atoms with Crippen molar-refractivity contribution >= 4 is 0 Å². The summed E-state index contributed by atoms with van der Waals surface area (Å²) in [4.78, 5) is 2.55. The molecular weight excluding hydrogens is 208 g/mol. The van der Waals surface area contributed by atoms with Crippen LogP contribution in [0.5, 0.6) is 0 Å². The summed E-state index contributed by atoms with van der Waals surface area (Å²) in [5.74, 6) is 0. The Labute approximate surface area is 104 Å². The van der Waals surface area contributed by atoms with E-state index in [-0.39, 0.29) is 0 Å². The number of nitriles is 1. The molecule has 90 valence electrons. The van der Waals surface area contributed by atoms with E-state index in [1.165, 1.54) is 37.8 Å². The maximum atomic E-state index is 8.90. The lowest BCUT2D eigenvalue weighted by Crippen LogP contribution is -2.31. The van der Waals surface area contributed by atoms with Gasteiger partial charge in [0.25, 0.3) is 0 Å². The minimum atomic E-state index is 0.670. The molecule has 1 heterocycles. The second-order valence-corrected chi connectivity index (χ2v) is 4.98. The highest BCUT2D eigenvalue weighted by molar-refractivity contribution is 5.32. The van der Waals surface area contributed by atoms with Gasteiger partial charge in [-0.05, 0) is 44.0 Å². The molecule has 0 amide bonds. The van der Waals surface area contributed by atoms with Crippen LogP contribution < -0.4 is 0 Å². The molecule has 0 aromatic heterocycles. The Kier molecular flexibility index (Phi) is 4.17. The Morgan fingerprint density at radius 1 is 1.35 bits per heavy atom. The highest BCUT2D eigenvalue weighted by Gasteiger charge is 2.16. The smallest absolute Gasteiger partial charge is 0.0991 e. The minimum Gasteiger partial charge on any atom is -0.296 e. The Hall–Kier alpha value is -1.33. The molecule has 1 aromatic rings. The van der Waals surface area contributed by atoms with Crippen LogP contribution in [0.2, 0.25) is 0 Å². The summed E-state index contributed by atoms with van der Waals surface area (Å²) in [6.07, 6.45) is 5.33. The lowest BCUT2D eigenvalue weighted by Gasteiger charge is -2.26. The second-order valence-electron chi connectivity index (χ2n) is 4.98. The van der Waals surface area contributed by atoms with Gasteiger partial charge >= 0.3 is 0 Å². The SMILES string of the molecule is CC1CCCCCN1Cc1cccc(C#N)c1. The third-order valence-electron chi connectivity index (χ3n) is 3.63. The van der Waals surface area contributed by atoms with Crippen LogP contribution in [0.1, 0.15) is 43.7 Å². The average molecular weight is 228 g/mol. The Bertz CT molecular complexity index is 406. The summed E-state index contributed by atoms with van der Waals surface area (Å²) < 4.78 is 0. The predicted molar refractivity (Wildman–Crippen MR) is 69.5 cm³/mol. The lowest BCUT2D eigenvalue weighted by atomic mass is 10.1. The molecule has 1 saturated heterocycles. The fourth-order valence-electron chi connectivity index (χ4n) is 2.54. The van der Waals surface area contributed by atoms with Gasteiger partial charge in [0, 0.05) is 12.6 Å². The fraction of sp³-hybridized carbons (Fsp3) is 0.533. The van der Waals surface area contributed by atoms with Crippen LogP contribution >= 0.6 is 0 Å². The van der Waals surface area contributed by atoms with E-state index in [2.05, 4.69) is 24.0 Å². The van der Waals surface area contributed by atoms with Gasteiger partial charge in [-0.25, -0.2) is 0 Å². The largest absolute Gasteiger partial charge is 0.296 e. The lowest BCUT2D eigenvalue weighted by molar-refractivity contribution is 0.205. The maximum Gasteiger partial charge on any atom is 0.0991 e. The van der Waals surface area contributed by atoms with Crippen LogP contribution in [0.4, 0.5) is 0 Å². The summed E-state index contributed by atoms with van der Waals surface area (Å²) in [6.45, 7) is 4.49. The Morgan fingerprint density at radius 3 is 3.06 bits per heavy atom. The average Bonchev–Trinajstić information content (AvgIpc) is 2.55. The number of hydrogen-bond acceptors (Lipinski definition) is 2. The first-order valence-electron chi connectivity index (χ1n) is 6.52. The van der Waals surface area contributed by atoms with Crippen LogP contribution in [0, 0.1) is 11.3 Å². The molecule has 17 heavy (non-hydrogen) atoms. The maximum absolute atomic E-state index is 8.90. The van der Waals surface area contributed by atoms with E-state index < -0.39 is 0 Å². The van der Waals surface area contributed by atoms with Crippen LogP contribution in [0.25, 0.3) is 0 Å². The zero-order valence-corrected chi connectivity index (χ0v) is 10.5. The molecule has 0 radical (unpaired) electrons. The van der Waals surface area contributed by atoms with Crippen molar-refractivity contribution in [3.63, 3.8) is 0 Å². The van der Waals surface area contributed by atoms with Crippen molar-refractivity contribution in [1.82, 2.24) is 4.90 Å². The molecule has 1 unspecified atom stereocenters. The molecule has 0 bridgehead atoms. The molecule has 1 aromatic carbocycles. The summed E-state index contributed by atoms with van der Waals surface area (Å²) in [7, 11) is 0. The van der Waals surface area contributed by atoms with Gasteiger partial charge in [0.2, 0.25) is 0 Å². The number of rotatable bonds is 2. The van der Waals surface area contributed by atoms with Gasteiger partial charge in [-0.2, -0.15) is 5.26 Å². The molecule has 2 rings (SSSR count). The quantitative estimate of drug-likeness (QED) is 0.776. The standard InChI is InChI=1S/C15H20N2/c1-13-6-3-2-4-9-17(13)12-15-8-5-7-14(10-15)11-16/h5,7-8,10,13H,2-4,6,9,12H2,1H3. The van der Waals surface area contributed by atoms with Gasteiger partial charge in [0.15, 0.2) is 0 Å². The van der Waals surface area contributed by atoms with Crippen molar-refractivity contribution in [3.05, 3.63) is 35.4 Å². The zero-order valence-electron chi connectivity index (χ0n) is 10.5. The Balaban J connectivity index is 2.05. The molecule has 1 fully saturated rings. The minimum absolute atomic E-state index is 0.670. The van der Waals surface area contributed by atoms with E-state index in [0.29, 0.717) is 6.04 Å². The molecule has 0 N–H and O–H groups in total. The third kappa shape index (κ3) is 3.31. The highest BCUT2D eigenvalue weighted by atomic mass is 15.1.